The summed E-state index contributed by atoms with van der Waals surface area (Å²) in [5, 5.41) is 0. The van der Waals surface area contributed by atoms with Crippen LogP contribution in [-0.4, -0.2) is 3.21 Å². The van der Waals surface area contributed by atoms with Gasteiger partial charge in [-0.1, -0.05) is 73.4 Å². The molecule has 158 valence electrons. The molecule has 2 aromatic carbocycles. The molecule has 0 heterocycles. The molecule has 2 aromatic rings. The Morgan fingerprint density at radius 3 is 2.27 bits per heavy atom. The minimum Gasteiger partial charge on any atom is -0.273 e. The van der Waals surface area contributed by atoms with E-state index in [0.29, 0.717) is 0 Å². The first-order valence-corrected chi connectivity index (χ1v) is 11.7. The molecule has 0 saturated heterocycles. The van der Waals surface area contributed by atoms with Crippen molar-refractivity contribution in [1.29, 1.82) is 0 Å². The second-order valence-corrected chi connectivity index (χ2v) is 10.4. The van der Waals surface area contributed by atoms with Gasteiger partial charge in [-0.2, -0.15) is 41.5 Å². The van der Waals surface area contributed by atoms with Gasteiger partial charge in [0.25, 0.3) is 0 Å². The van der Waals surface area contributed by atoms with Gasteiger partial charge in [0.15, 0.2) is 0 Å². The molecule has 30 heavy (non-hydrogen) atoms. The first-order chi connectivity index (χ1) is 13.6. The Morgan fingerprint density at radius 1 is 0.933 bits per heavy atom. The molecule has 1 fully saturated rings. The molecule has 5 rings (SSSR count). The van der Waals surface area contributed by atoms with E-state index < -0.39 is 0 Å². The average molecular weight is 519 g/mol. The third-order valence-electron chi connectivity index (χ3n) is 5.42. The molecule has 3 aliphatic carbocycles. The molecule has 0 bridgehead atoms. The molecular formula is C27H32Cl2Zr. The number of fused-ring (bicyclic) bond motifs is 3. The number of hydrogen-bond donors (Lipinski definition) is 0. The van der Waals surface area contributed by atoms with Gasteiger partial charge in [-0.3, -0.25) is 6.08 Å². The van der Waals surface area contributed by atoms with Crippen molar-refractivity contribution in [2.75, 3.05) is 0 Å². The summed E-state index contributed by atoms with van der Waals surface area (Å²) in [6, 6.07) is 18.1. The van der Waals surface area contributed by atoms with Crippen LogP contribution in [0.2, 0.25) is 0 Å². The fourth-order valence-electron chi connectivity index (χ4n) is 4.13. The Hall–Kier alpha value is -0.747. The van der Waals surface area contributed by atoms with Gasteiger partial charge in [-0.15, -0.1) is 36.8 Å². The molecule has 0 N–H and O–H groups in total. The Morgan fingerprint density at radius 2 is 1.60 bits per heavy atom. The van der Waals surface area contributed by atoms with Crippen LogP contribution >= 0.6 is 24.8 Å². The van der Waals surface area contributed by atoms with Crippen LogP contribution in [-0.2, 0) is 30.7 Å². The molecule has 3 aliphatic rings. The first kappa shape index (κ1) is 27.3. The maximum atomic E-state index is 3.30. The van der Waals surface area contributed by atoms with E-state index in [1.165, 1.54) is 57.6 Å². The fourth-order valence-corrected chi connectivity index (χ4v) is 4.13. The van der Waals surface area contributed by atoms with Gasteiger partial charge in [0.2, 0.25) is 0 Å². The van der Waals surface area contributed by atoms with Crippen molar-refractivity contribution in [3.05, 3.63) is 83.5 Å². The van der Waals surface area contributed by atoms with Gasteiger partial charge in [0.05, 0.1) is 0 Å². The van der Waals surface area contributed by atoms with Gasteiger partial charge in [0, 0.05) is 0 Å². The summed E-state index contributed by atoms with van der Waals surface area (Å²) in [5.41, 5.74) is 7.08. The number of rotatable bonds is 1. The Kier molecular flexibility index (Phi) is 13.0. The maximum absolute atomic E-state index is 3.30. The molecule has 0 amide bonds. The van der Waals surface area contributed by atoms with Crippen LogP contribution in [0.25, 0.3) is 11.1 Å². The fraction of sp³-hybridized carbons (Fsp3) is 0.370. The molecule has 0 radical (unpaired) electrons. The Bertz CT molecular complexity index is 813. The van der Waals surface area contributed by atoms with E-state index in [2.05, 4.69) is 74.5 Å². The number of allylic oxidation sites excluding steroid dienone is 4. The molecule has 0 nitrogen and oxygen atoms in total. The summed E-state index contributed by atoms with van der Waals surface area (Å²) in [6.45, 7) is 4.25. The van der Waals surface area contributed by atoms with Crippen molar-refractivity contribution in [2.24, 2.45) is 5.92 Å². The van der Waals surface area contributed by atoms with Crippen LogP contribution in [0.5, 0.6) is 0 Å². The van der Waals surface area contributed by atoms with Crippen LogP contribution in [0.15, 0.2) is 60.2 Å². The minimum atomic E-state index is 0. The van der Waals surface area contributed by atoms with Crippen molar-refractivity contribution in [2.45, 2.75) is 58.8 Å². The number of hydrogen-bond acceptors (Lipinski definition) is 0. The van der Waals surface area contributed by atoms with Crippen LogP contribution in [0, 0.1) is 18.1 Å². The predicted molar refractivity (Wildman–Crippen MR) is 131 cm³/mol. The Balaban J connectivity index is 0.000000244. The van der Waals surface area contributed by atoms with Crippen molar-refractivity contribution < 1.29 is 24.2 Å². The summed E-state index contributed by atoms with van der Waals surface area (Å²) in [5.74, 6) is 0.888. The van der Waals surface area contributed by atoms with E-state index in [-0.39, 0.29) is 24.8 Å². The first-order valence-electron chi connectivity index (χ1n) is 10.5. The monoisotopic (exact) mass is 516 g/mol. The average Bonchev–Trinajstić information content (AvgIpc) is 3.37. The van der Waals surface area contributed by atoms with Gasteiger partial charge in [-0.05, 0) is 6.42 Å². The standard InChI is InChI=1S/C13H9.C11H15.C3H6.2ClH.Zr/c1-3-7-12-10(5-1)9-11-6-2-4-8-13(11)12;1-2-6-10(7-3-1)11-8-4-5-9-11;1-3-2;;;/h1-5,7-8H,9H2;8-10H,1-4,6-7H2;1-2H3;2*1H;/q2*-1;;;;+2. The second kappa shape index (κ2) is 14.3. The van der Waals surface area contributed by atoms with Crippen LogP contribution in [0.1, 0.15) is 63.5 Å². The molecule has 1 saturated carbocycles. The Labute approximate surface area is 210 Å². The van der Waals surface area contributed by atoms with Gasteiger partial charge < -0.3 is 0 Å². The maximum Gasteiger partial charge on any atom is -0.0253 e. The zero-order valence-corrected chi connectivity index (χ0v) is 22.1. The molecule has 0 atom stereocenters. The molecular weight excluding hydrogens is 486 g/mol. The normalized spacial score (nSPS) is 15.7. The SMILES string of the molecule is C[C](C)=[Zr+2].Cl.Cl.[C-]1=CC(C2CCCCC2)=CC1.[c-]1cccc2c1Cc1ccccc1-2. The molecule has 0 aromatic heterocycles. The molecule has 0 unspecified atom stereocenters. The van der Waals surface area contributed by atoms with Crippen molar-refractivity contribution in [3.63, 3.8) is 0 Å². The van der Waals surface area contributed by atoms with Gasteiger partial charge in [-0.25, -0.2) is 6.08 Å². The summed E-state index contributed by atoms with van der Waals surface area (Å²) >= 11 is 1.55. The molecule has 0 spiro atoms. The zero-order valence-electron chi connectivity index (χ0n) is 18.0. The molecule has 0 aliphatic heterocycles. The van der Waals surface area contributed by atoms with Crippen molar-refractivity contribution >= 4 is 28.0 Å². The zero-order chi connectivity index (χ0) is 19.8. The smallest absolute Gasteiger partial charge is 0.0253 e. The number of benzene rings is 2. The second-order valence-electron chi connectivity index (χ2n) is 7.99. The van der Waals surface area contributed by atoms with Crippen LogP contribution in [0.3, 0.4) is 0 Å². The summed E-state index contributed by atoms with van der Waals surface area (Å²) in [7, 11) is 0. The van der Waals surface area contributed by atoms with E-state index in [9.17, 15) is 0 Å². The number of halogens is 2. The summed E-state index contributed by atoms with van der Waals surface area (Å²) < 4.78 is 1.51. The van der Waals surface area contributed by atoms with E-state index in [1.807, 2.05) is 6.07 Å². The largest absolute Gasteiger partial charge is 0.273 e. The third kappa shape index (κ3) is 8.07. The van der Waals surface area contributed by atoms with E-state index in [1.54, 1.807) is 29.8 Å². The van der Waals surface area contributed by atoms with Gasteiger partial charge >= 0.3 is 41.3 Å². The predicted octanol–water partition coefficient (Wildman–Crippen LogP) is 7.90. The van der Waals surface area contributed by atoms with E-state index in [4.69, 9.17) is 0 Å². The van der Waals surface area contributed by atoms with E-state index >= 15 is 0 Å². The van der Waals surface area contributed by atoms with Crippen molar-refractivity contribution in [3.8, 4) is 11.1 Å². The van der Waals surface area contributed by atoms with Crippen LogP contribution in [0.4, 0.5) is 0 Å². The van der Waals surface area contributed by atoms with E-state index in [0.717, 1.165) is 18.8 Å². The quantitative estimate of drug-likeness (QED) is 0.287. The van der Waals surface area contributed by atoms with Crippen LogP contribution < -0.4 is 0 Å². The summed E-state index contributed by atoms with van der Waals surface area (Å²) in [4.78, 5) is 0. The molecule has 3 heteroatoms. The summed E-state index contributed by atoms with van der Waals surface area (Å²) in [6.07, 6.45) is 17.1. The minimum absolute atomic E-state index is 0. The third-order valence-corrected chi connectivity index (χ3v) is 5.42. The topological polar surface area (TPSA) is 0 Å². The van der Waals surface area contributed by atoms with Crippen molar-refractivity contribution in [1.82, 2.24) is 0 Å². The van der Waals surface area contributed by atoms with Gasteiger partial charge in [0.1, 0.15) is 0 Å².